The highest BCUT2D eigenvalue weighted by Gasteiger charge is 2.19. The highest BCUT2D eigenvalue weighted by molar-refractivity contribution is 5.93. The van der Waals surface area contributed by atoms with E-state index in [4.69, 9.17) is 4.74 Å². The summed E-state index contributed by atoms with van der Waals surface area (Å²) in [5.41, 5.74) is 1.84. The Labute approximate surface area is 125 Å². The fourth-order valence-electron chi connectivity index (χ4n) is 2.50. The average molecular weight is 292 g/mol. The van der Waals surface area contributed by atoms with Gasteiger partial charge in [0.1, 0.15) is 11.4 Å². The Balaban J connectivity index is 2.03. The number of fused-ring (bicyclic) bond motifs is 3. The molecule has 3 heterocycles. The summed E-state index contributed by atoms with van der Waals surface area (Å²) < 4.78 is 6.54. The summed E-state index contributed by atoms with van der Waals surface area (Å²) in [5, 5.41) is 5.31. The van der Waals surface area contributed by atoms with Crippen molar-refractivity contribution in [1.82, 2.24) is 19.7 Å². The normalized spacial score (nSPS) is 11.1. The van der Waals surface area contributed by atoms with Gasteiger partial charge in [0.15, 0.2) is 5.82 Å². The molecule has 0 fully saturated rings. The van der Waals surface area contributed by atoms with E-state index in [0.717, 1.165) is 16.7 Å². The summed E-state index contributed by atoms with van der Waals surface area (Å²) in [6.07, 6.45) is 3.31. The Hall–Kier alpha value is -3.15. The lowest BCUT2D eigenvalue weighted by atomic mass is 10.1. The number of aromatic nitrogens is 4. The van der Waals surface area contributed by atoms with Crippen molar-refractivity contribution in [3.05, 3.63) is 59.1 Å². The van der Waals surface area contributed by atoms with E-state index in [0.29, 0.717) is 17.1 Å². The molecule has 0 unspecified atom stereocenters. The summed E-state index contributed by atoms with van der Waals surface area (Å²) in [6, 6.07) is 11.0. The van der Waals surface area contributed by atoms with Crippen LogP contribution in [0.15, 0.2) is 53.6 Å². The molecule has 1 aromatic heterocycles. The molecular weight excluding hydrogens is 280 g/mol. The van der Waals surface area contributed by atoms with E-state index in [1.165, 1.54) is 4.68 Å². The number of aromatic amines is 1. The van der Waals surface area contributed by atoms with Crippen molar-refractivity contribution in [2.24, 2.45) is 0 Å². The molecule has 0 aliphatic carbocycles. The first-order valence-corrected chi connectivity index (χ1v) is 6.77. The van der Waals surface area contributed by atoms with Gasteiger partial charge in [0, 0.05) is 23.8 Å². The first kappa shape index (κ1) is 12.6. The quantitative estimate of drug-likeness (QED) is 0.615. The van der Waals surface area contributed by atoms with Gasteiger partial charge in [-0.25, -0.2) is 4.98 Å². The van der Waals surface area contributed by atoms with Gasteiger partial charge < -0.3 is 9.72 Å². The van der Waals surface area contributed by atoms with Crippen LogP contribution in [0.2, 0.25) is 0 Å². The molecule has 2 aromatic rings. The molecule has 108 valence electrons. The SMILES string of the molecule is COc1ccc2c3nn(-c4ccccn4)c(=O)c-3c[nH]c2c1. The van der Waals surface area contributed by atoms with E-state index in [-0.39, 0.29) is 5.56 Å². The van der Waals surface area contributed by atoms with E-state index < -0.39 is 0 Å². The smallest absolute Gasteiger partial charge is 0.283 e. The molecular formula is C16H12N4O2. The Kier molecular flexibility index (Phi) is 2.69. The Bertz CT molecular complexity index is 988. The topological polar surface area (TPSA) is 72.8 Å². The fraction of sp³-hybridized carbons (Fsp3) is 0.0625. The molecule has 1 N–H and O–H groups in total. The van der Waals surface area contributed by atoms with Gasteiger partial charge in [-0.1, -0.05) is 6.07 Å². The van der Waals surface area contributed by atoms with Gasteiger partial charge in [-0.3, -0.25) is 4.79 Å². The lowest BCUT2D eigenvalue weighted by molar-refractivity contribution is 0.415. The number of hydrogen-bond acceptors (Lipinski definition) is 4. The molecule has 0 spiro atoms. The third kappa shape index (κ3) is 1.77. The van der Waals surface area contributed by atoms with Gasteiger partial charge in [0.25, 0.3) is 5.56 Å². The largest absolute Gasteiger partial charge is 0.497 e. The molecule has 0 saturated heterocycles. The monoisotopic (exact) mass is 292 g/mol. The molecule has 0 amide bonds. The number of pyridine rings is 2. The Morgan fingerprint density at radius 2 is 2.14 bits per heavy atom. The van der Waals surface area contributed by atoms with Crippen LogP contribution < -0.4 is 10.3 Å². The van der Waals surface area contributed by atoms with E-state index in [1.54, 1.807) is 31.6 Å². The second-order valence-electron chi connectivity index (χ2n) is 4.87. The van der Waals surface area contributed by atoms with Crippen molar-refractivity contribution in [2.75, 3.05) is 7.11 Å². The second kappa shape index (κ2) is 4.70. The van der Waals surface area contributed by atoms with E-state index in [2.05, 4.69) is 15.1 Å². The van der Waals surface area contributed by atoms with Crippen LogP contribution in [0.4, 0.5) is 0 Å². The van der Waals surface area contributed by atoms with Crippen molar-refractivity contribution in [3.63, 3.8) is 0 Å². The van der Waals surface area contributed by atoms with Gasteiger partial charge in [-0.15, -0.1) is 0 Å². The number of hydrogen-bond donors (Lipinski definition) is 1. The fourth-order valence-corrected chi connectivity index (χ4v) is 2.50. The first-order valence-electron chi connectivity index (χ1n) is 6.77. The summed E-state index contributed by atoms with van der Waals surface area (Å²) in [6.45, 7) is 0. The highest BCUT2D eigenvalue weighted by Crippen LogP contribution is 2.28. The number of ether oxygens (including phenoxy) is 1. The lowest BCUT2D eigenvalue weighted by Gasteiger charge is -2.05. The van der Waals surface area contributed by atoms with Gasteiger partial charge in [-0.05, 0) is 24.3 Å². The third-order valence-corrected chi connectivity index (χ3v) is 3.60. The second-order valence-corrected chi connectivity index (χ2v) is 4.87. The molecule has 2 aliphatic rings. The maximum atomic E-state index is 12.5. The van der Waals surface area contributed by atoms with Gasteiger partial charge >= 0.3 is 0 Å². The minimum Gasteiger partial charge on any atom is -0.497 e. The molecule has 1 aromatic carbocycles. The number of nitrogens with one attached hydrogen (secondary N) is 1. The molecule has 6 nitrogen and oxygen atoms in total. The van der Waals surface area contributed by atoms with Crippen LogP contribution in [0.5, 0.6) is 5.75 Å². The first-order chi connectivity index (χ1) is 10.8. The van der Waals surface area contributed by atoms with Crippen molar-refractivity contribution in [2.45, 2.75) is 0 Å². The number of H-pyrrole nitrogens is 1. The van der Waals surface area contributed by atoms with Crippen molar-refractivity contribution < 1.29 is 4.74 Å². The summed E-state index contributed by atoms with van der Waals surface area (Å²) in [5.74, 6) is 1.25. The van der Waals surface area contributed by atoms with E-state index in [1.807, 2.05) is 24.3 Å². The molecule has 4 rings (SSSR count). The summed E-state index contributed by atoms with van der Waals surface area (Å²) in [7, 11) is 1.62. The molecule has 0 atom stereocenters. The molecule has 22 heavy (non-hydrogen) atoms. The molecule has 2 aliphatic heterocycles. The summed E-state index contributed by atoms with van der Waals surface area (Å²) in [4.78, 5) is 19.8. The van der Waals surface area contributed by atoms with Crippen LogP contribution in [0.25, 0.3) is 28.0 Å². The van der Waals surface area contributed by atoms with Crippen LogP contribution in [0.3, 0.4) is 0 Å². The number of methoxy groups -OCH3 is 1. The summed E-state index contributed by atoms with van der Waals surface area (Å²) >= 11 is 0. The van der Waals surface area contributed by atoms with Crippen LogP contribution in [0.1, 0.15) is 0 Å². The number of nitrogens with zero attached hydrogens (tertiary/aromatic N) is 3. The molecule has 0 radical (unpaired) electrons. The molecule has 6 heteroatoms. The van der Waals surface area contributed by atoms with Crippen LogP contribution >= 0.6 is 0 Å². The van der Waals surface area contributed by atoms with Crippen molar-refractivity contribution >= 4 is 10.9 Å². The maximum Gasteiger partial charge on any atom is 0.283 e. The zero-order valence-corrected chi connectivity index (χ0v) is 11.8. The van der Waals surface area contributed by atoms with Crippen molar-refractivity contribution in [3.8, 4) is 22.8 Å². The number of benzene rings is 1. The van der Waals surface area contributed by atoms with Gasteiger partial charge in [-0.2, -0.15) is 9.78 Å². The zero-order chi connectivity index (χ0) is 15.1. The van der Waals surface area contributed by atoms with Crippen LogP contribution in [0, 0.1) is 0 Å². The van der Waals surface area contributed by atoms with Crippen molar-refractivity contribution in [1.29, 1.82) is 0 Å². The number of rotatable bonds is 2. The molecule has 0 saturated carbocycles. The third-order valence-electron chi connectivity index (χ3n) is 3.60. The minimum absolute atomic E-state index is 0.192. The lowest BCUT2D eigenvalue weighted by Crippen LogP contribution is -2.15. The predicted octanol–water partition coefficient (Wildman–Crippen LogP) is 2.22. The van der Waals surface area contributed by atoms with Gasteiger partial charge in [0.2, 0.25) is 0 Å². The minimum atomic E-state index is -0.192. The Morgan fingerprint density at radius 3 is 2.91 bits per heavy atom. The standard InChI is InChI=1S/C16H12N4O2/c1-22-10-5-6-11-13(8-10)18-9-12-15(11)19-20(16(12)21)14-4-2-3-7-17-14/h2-9,18H,1H3. The van der Waals surface area contributed by atoms with E-state index in [9.17, 15) is 4.79 Å². The average Bonchev–Trinajstić information content (AvgIpc) is 2.92. The predicted molar refractivity (Wildman–Crippen MR) is 82.7 cm³/mol. The zero-order valence-electron chi connectivity index (χ0n) is 11.8. The van der Waals surface area contributed by atoms with Crippen LogP contribution in [-0.2, 0) is 0 Å². The molecule has 0 bridgehead atoms. The van der Waals surface area contributed by atoms with E-state index >= 15 is 0 Å². The van der Waals surface area contributed by atoms with Crippen LogP contribution in [-0.4, -0.2) is 26.9 Å². The Morgan fingerprint density at radius 1 is 1.23 bits per heavy atom. The van der Waals surface area contributed by atoms with Gasteiger partial charge in [0.05, 0.1) is 18.2 Å². The highest BCUT2D eigenvalue weighted by atomic mass is 16.5. The maximum absolute atomic E-state index is 12.5.